The summed E-state index contributed by atoms with van der Waals surface area (Å²) in [6, 6.07) is 0. The molecule has 5 nitrogen and oxygen atoms in total. The van der Waals surface area contributed by atoms with E-state index in [1.807, 2.05) is 0 Å². The monoisotopic (exact) mass is 223 g/mol. The van der Waals surface area contributed by atoms with Crippen LogP contribution in [-0.4, -0.2) is 36.4 Å². The highest BCUT2D eigenvalue weighted by Gasteiger charge is 2.24. The molecule has 0 saturated carbocycles. The minimum absolute atomic E-state index is 0.110. The Morgan fingerprint density at radius 3 is 2.38 bits per heavy atom. The molecule has 1 aromatic rings. The molecule has 0 amide bonds. The number of aryl methyl sites for hydroxylation is 1. The summed E-state index contributed by atoms with van der Waals surface area (Å²) in [6.07, 6.45) is 1.36. The van der Waals surface area contributed by atoms with Gasteiger partial charge < -0.3 is 4.57 Å². The third-order valence-corrected chi connectivity index (χ3v) is 3.87. The zero-order valence-corrected chi connectivity index (χ0v) is 9.09. The minimum Gasteiger partial charge on any atom is -0.324 e. The van der Waals surface area contributed by atoms with Crippen LogP contribution in [0.5, 0.6) is 0 Å². The van der Waals surface area contributed by atoms with Gasteiger partial charge in [0.2, 0.25) is 5.03 Å². The van der Waals surface area contributed by atoms with Crippen LogP contribution >= 0.6 is 11.6 Å². The van der Waals surface area contributed by atoms with Gasteiger partial charge >= 0.3 is 0 Å². The molecule has 7 heteroatoms. The molecule has 1 aromatic heterocycles. The first-order chi connectivity index (χ1) is 5.87. The molecule has 0 atom stereocenters. The molecule has 0 aliphatic heterocycles. The summed E-state index contributed by atoms with van der Waals surface area (Å²) in [7, 11) is 0.973. The molecule has 0 aliphatic rings. The van der Waals surface area contributed by atoms with Crippen LogP contribution in [0.25, 0.3) is 0 Å². The largest absolute Gasteiger partial charge is 0.324 e. The highest BCUT2D eigenvalue weighted by Crippen LogP contribution is 2.20. The number of halogens is 1. The quantitative estimate of drug-likeness (QED) is 0.726. The van der Waals surface area contributed by atoms with Gasteiger partial charge in [-0.15, -0.1) is 0 Å². The first kappa shape index (κ1) is 10.5. The second-order valence-electron chi connectivity index (χ2n) is 2.74. The maximum absolute atomic E-state index is 11.5. The lowest BCUT2D eigenvalue weighted by molar-refractivity contribution is 0.517. The van der Waals surface area contributed by atoms with Gasteiger partial charge in [-0.3, -0.25) is 0 Å². The smallest absolute Gasteiger partial charge is 0.263 e. The summed E-state index contributed by atoms with van der Waals surface area (Å²) in [4.78, 5) is 3.71. The number of hydrogen-bond acceptors (Lipinski definition) is 3. The lowest BCUT2D eigenvalue weighted by Crippen LogP contribution is -2.22. The van der Waals surface area contributed by atoms with Gasteiger partial charge in [-0.05, 0) is 0 Å². The van der Waals surface area contributed by atoms with Crippen molar-refractivity contribution in [3.8, 4) is 0 Å². The number of imidazole rings is 1. The molecule has 0 fully saturated rings. The Morgan fingerprint density at radius 2 is 2.08 bits per heavy atom. The summed E-state index contributed by atoms with van der Waals surface area (Å²) in [5.41, 5.74) is 0. The fraction of sp³-hybridized carbons (Fsp3) is 0.500. The third kappa shape index (κ3) is 1.70. The Labute approximate surface area is 82.0 Å². The Hall–Kier alpha value is -0.590. The Morgan fingerprint density at radius 1 is 1.54 bits per heavy atom. The van der Waals surface area contributed by atoms with Crippen LogP contribution in [0.4, 0.5) is 0 Å². The molecular formula is C6H10ClN3O2S. The fourth-order valence-corrected chi connectivity index (χ4v) is 2.01. The van der Waals surface area contributed by atoms with Gasteiger partial charge in [-0.1, -0.05) is 11.6 Å². The van der Waals surface area contributed by atoms with E-state index < -0.39 is 10.0 Å². The molecule has 0 unspecified atom stereocenters. The van der Waals surface area contributed by atoms with Crippen molar-refractivity contribution in [2.75, 3.05) is 14.1 Å². The van der Waals surface area contributed by atoms with Crippen molar-refractivity contribution in [2.24, 2.45) is 7.05 Å². The van der Waals surface area contributed by atoms with E-state index in [2.05, 4.69) is 4.98 Å². The second kappa shape index (κ2) is 3.28. The Bertz CT molecular complexity index is 410. The molecule has 13 heavy (non-hydrogen) atoms. The van der Waals surface area contributed by atoms with Gasteiger partial charge in [0.15, 0.2) is 0 Å². The first-order valence-corrected chi connectivity index (χ1v) is 5.28. The number of nitrogens with zero attached hydrogens (tertiary/aromatic N) is 3. The van der Waals surface area contributed by atoms with E-state index in [-0.39, 0.29) is 10.2 Å². The van der Waals surface area contributed by atoms with E-state index in [9.17, 15) is 8.42 Å². The number of aromatic nitrogens is 2. The molecule has 74 valence electrons. The molecule has 1 rings (SSSR count). The van der Waals surface area contributed by atoms with Gasteiger partial charge in [0.1, 0.15) is 5.15 Å². The molecule has 0 aliphatic carbocycles. The van der Waals surface area contributed by atoms with Crippen LogP contribution in [0.2, 0.25) is 5.15 Å². The highest BCUT2D eigenvalue weighted by molar-refractivity contribution is 7.89. The van der Waals surface area contributed by atoms with Gasteiger partial charge in [0.05, 0.1) is 6.33 Å². The van der Waals surface area contributed by atoms with Gasteiger partial charge in [0.25, 0.3) is 10.0 Å². The number of rotatable bonds is 2. The van der Waals surface area contributed by atoms with Crippen molar-refractivity contribution in [1.82, 2.24) is 13.9 Å². The van der Waals surface area contributed by atoms with Crippen LogP contribution < -0.4 is 0 Å². The molecular weight excluding hydrogens is 214 g/mol. The fourth-order valence-electron chi connectivity index (χ4n) is 0.740. The number of hydrogen-bond donors (Lipinski definition) is 0. The summed E-state index contributed by atoms with van der Waals surface area (Å²) in [5, 5.41) is 0.00960. The maximum Gasteiger partial charge on any atom is 0.263 e. The topological polar surface area (TPSA) is 55.2 Å². The lowest BCUT2D eigenvalue weighted by Gasteiger charge is -2.08. The average Bonchev–Trinajstić information content (AvgIpc) is 2.33. The van der Waals surface area contributed by atoms with E-state index in [0.717, 1.165) is 4.31 Å². The second-order valence-corrected chi connectivity index (χ2v) is 5.16. The summed E-state index contributed by atoms with van der Waals surface area (Å²) in [5.74, 6) is 0. The van der Waals surface area contributed by atoms with Crippen LogP contribution in [0.3, 0.4) is 0 Å². The number of sulfonamides is 1. The van der Waals surface area contributed by atoms with E-state index in [1.165, 1.54) is 25.0 Å². The van der Waals surface area contributed by atoms with Crippen LogP contribution in [0, 0.1) is 0 Å². The first-order valence-electron chi connectivity index (χ1n) is 3.46. The highest BCUT2D eigenvalue weighted by atomic mass is 35.5. The lowest BCUT2D eigenvalue weighted by atomic mass is 10.9. The summed E-state index contributed by atoms with van der Waals surface area (Å²) < 4.78 is 25.6. The van der Waals surface area contributed by atoms with Crippen LogP contribution in [0.1, 0.15) is 0 Å². The van der Waals surface area contributed by atoms with Crippen molar-refractivity contribution in [3.05, 3.63) is 11.5 Å². The van der Waals surface area contributed by atoms with Crippen molar-refractivity contribution in [1.29, 1.82) is 0 Å². The maximum atomic E-state index is 11.5. The Kier molecular flexibility index (Phi) is 2.65. The van der Waals surface area contributed by atoms with Crippen LogP contribution in [-0.2, 0) is 17.1 Å². The van der Waals surface area contributed by atoms with E-state index in [0.29, 0.717) is 0 Å². The molecule has 0 bridgehead atoms. The summed E-state index contributed by atoms with van der Waals surface area (Å²) in [6.45, 7) is 0. The van der Waals surface area contributed by atoms with E-state index >= 15 is 0 Å². The zero-order chi connectivity index (χ0) is 10.2. The van der Waals surface area contributed by atoms with Crippen molar-refractivity contribution in [3.63, 3.8) is 0 Å². The van der Waals surface area contributed by atoms with Crippen molar-refractivity contribution >= 4 is 21.6 Å². The predicted octanol–water partition coefficient (Wildman–Crippen LogP) is 0.324. The SMILES string of the molecule is CN(C)S(=O)(=O)c1ncn(C)c1Cl. The van der Waals surface area contributed by atoms with Gasteiger partial charge in [0, 0.05) is 21.1 Å². The minimum atomic E-state index is -3.52. The van der Waals surface area contributed by atoms with Crippen LogP contribution in [0.15, 0.2) is 11.4 Å². The standard InChI is InChI=1S/C6H10ClN3O2S/c1-9(2)13(11,12)6-5(7)10(3)4-8-6/h4H,1-3H3. The van der Waals surface area contributed by atoms with Gasteiger partial charge in [-0.2, -0.15) is 0 Å². The zero-order valence-electron chi connectivity index (χ0n) is 7.52. The van der Waals surface area contributed by atoms with E-state index in [4.69, 9.17) is 11.6 Å². The average molecular weight is 224 g/mol. The Balaban J connectivity index is 3.32. The van der Waals surface area contributed by atoms with Gasteiger partial charge in [-0.25, -0.2) is 17.7 Å². The predicted molar refractivity (Wildman–Crippen MR) is 49.1 cm³/mol. The normalized spacial score (nSPS) is 12.4. The molecule has 0 spiro atoms. The van der Waals surface area contributed by atoms with Crippen molar-refractivity contribution < 1.29 is 8.42 Å². The van der Waals surface area contributed by atoms with E-state index in [1.54, 1.807) is 7.05 Å². The molecule has 0 radical (unpaired) electrons. The third-order valence-electron chi connectivity index (χ3n) is 1.56. The van der Waals surface area contributed by atoms with Crippen molar-refractivity contribution in [2.45, 2.75) is 5.03 Å². The molecule has 1 heterocycles. The molecule has 0 aromatic carbocycles. The summed E-state index contributed by atoms with van der Waals surface area (Å²) >= 11 is 5.73. The molecule has 0 N–H and O–H groups in total. The molecule has 0 saturated heterocycles.